The summed E-state index contributed by atoms with van der Waals surface area (Å²) in [4.78, 5) is 10.0. The lowest BCUT2D eigenvalue weighted by Gasteiger charge is -2.05. The molecule has 0 radical (unpaired) electrons. The molecular weight excluding hydrogens is 322 g/mol. The number of nitrogens with one attached hydrogen (secondary N) is 1. The van der Waals surface area contributed by atoms with Gasteiger partial charge in [0.1, 0.15) is 10.8 Å². The van der Waals surface area contributed by atoms with E-state index in [4.69, 9.17) is 21.2 Å². The Morgan fingerprint density at radius 2 is 2.05 bits per heavy atom. The minimum atomic E-state index is -3.88. The van der Waals surface area contributed by atoms with Gasteiger partial charge < -0.3 is 9.73 Å². The highest BCUT2D eigenvalue weighted by Crippen LogP contribution is 2.27. The average molecular weight is 332 g/mol. The molecule has 8 nitrogen and oxygen atoms in total. The topological polar surface area (TPSA) is 128 Å². The first-order valence-electron chi connectivity index (χ1n) is 5.56. The Bertz CT molecular complexity index is 787. The number of hydrogen-bond donors (Lipinski definition) is 2. The van der Waals surface area contributed by atoms with Crippen molar-refractivity contribution in [2.75, 3.05) is 5.32 Å². The molecule has 2 aromatic rings. The van der Waals surface area contributed by atoms with Gasteiger partial charge in [-0.2, -0.15) is 0 Å². The Morgan fingerprint density at radius 3 is 2.57 bits per heavy atom. The summed E-state index contributed by atoms with van der Waals surface area (Å²) in [6, 6.07) is 6.84. The molecular formula is C11H10ClN3O5S. The van der Waals surface area contributed by atoms with E-state index in [1.165, 1.54) is 30.3 Å². The van der Waals surface area contributed by atoms with Crippen LogP contribution in [0.1, 0.15) is 5.76 Å². The van der Waals surface area contributed by atoms with Crippen LogP contribution in [0, 0.1) is 10.1 Å². The molecule has 0 amide bonds. The van der Waals surface area contributed by atoms with Gasteiger partial charge in [0.05, 0.1) is 11.5 Å². The van der Waals surface area contributed by atoms with Gasteiger partial charge in [-0.3, -0.25) is 10.1 Å². The van der Waals surface area contributed by atoms with E-state index in [9.17, 15) is 18.5 Å². The van der Waals surface area contributed by atoms with Crippen molar-refractivity contribution in [2.45, 2.75) is 11.6 Å². The largest absolute Gasteiger partial charge is 0.446 e. The van der Waals surface area contributed by atoms with Crippen molar-refractivity contribution < 1.29 is 17.8 Å². The maximum absolute atomic E-state index is 11.0. The van der Waals surface area contributed by atoms with Crippen LogP contribution in [0.4, 0.5) is 11.4 Å². The number of hydrogen-bond acceptors (Lipinski definition) is 6. The van der Waals surface area contributed by atoms with Crippen LogP contribution in [0.2, 0.25) is 5.02 Å². The van der Waals surface area contributed by atoms with E-state index in [0.29, 0.717) is 11.4 Å². The van der Waals surface area contributed by atoms with E-state index in [1.54, 1.807) is 0 Å². The van der Waals surface area contributed by atoms with Gasteiger partial charge in [-0.05, 0) is 24.3 Å². The molecule has 0 spiro atoms. The Kier molecular flexibility index (Phi) is 4.16. The van der Waals surface area contributed by atoms with Crippen LogP contribution in [0.15, 0.2) is 39.8 Å². The highest BCUT2D eigenvalue weighted by molar-refractivity contribution is 7.89. The lowest BCUT2D eigenvalue weighted by Crippen LogP contribution is -2.10. The van der Waals surface area contributed by atoms with Crippen molar-refractivity contribution in [1.82, 2.24) is 0 Å². The molecule has 2 rings (SSSR count). The van der Waals surface area contributed by atoms with E-state index < -0.39 is 14.9 Å². The number of sulfonamides is 1. The Balaban J connectivity index is 2.08. The summed E-state index contributed by atoms with van der Waals surface area (Å²) in [7, 11) is -3.88. The number of benzene rings is 1. The standard InChI is InChI=1S/C11H10ClN3O5S/c12-9-5-7(1-3-10(9)15(16)17)14-6-8-2-4-11(20-8)21(13,18)19/h1-5,14H,6H2,(H2,13,18,19). The van der Waals surface area contributed by atoms with E-state index >= 15 is 0 Å². The van der Waals surface area contributed by atoms with Crippen LogP contribution < -0.4 is 10.5 Å². The van der Waals surface area contributed by atoms with Gasteiger partial charge in [-0.25, -0.2) is 13.6 Å². The first kappa shape index (κ1) is 15.3. The molecule has 0 unspecified atom stereocenters. The van der Waals surface area contributed by atoms with Crippen LogP contribution in [-0.2, 0) is 16.6 Å². The van der Waals surface area contributed by atoms with Gasteiger partial charge in [0.15, 0.2) is 0 Å². The van der Waals surface area contributed by atoms with Crippen molar-refractivity contribution in [2.24, 2.45) is 5.14 Å². The summed E-state index contributed by atoms with van der Waals surface area (Å²) >= 11 is 5.77. The normalized spacial score (nSPS) is 11.3. The maximum atomic E-state index is 11.0. The molecule has 21 heavy (non-hydrogen) atoms. The van der Waals surface area contributed by atoms with Gasteiger partial charge >= 0.3 is 0 Å². The summed E-state index contributed by atoms with van der Waals surface area (Å²) in [5.41, 5.74) is 0.330. The third-order valence-corrected chi connectivity index (χ3v) is 3.61. The Labute approximate surface area is 124 Å². The summed E-state index contributed by atoms with van der Waals surface area (Å²) < 4.78 is 27.1. The third-order valence-electron chi connectivity index (χ3n) is 2.53. The SMILES string of the molecule is NS(=O)(=O)c1ccc(CNc2ccc([N+](=O)[O-])c(Cl)c2)o1. The molecule has 0 bridgehead atoms. The zero-order chi connectivity index (χ0) is 15.6. The fourth-order valence-corrected chi connectivity index (χ4v) is 2.29. The first-order valence-corrected chi connectivity index (χ1v) is 7.49. The lowest BCUT2D eigenvalue weighted by atomic mass is 10.3. The molecule has 3 N–H and O–H groups in total. The van der Waals surface area contributed by atoms with Gasteiger partial charge in [-0.15, -0.1) is 0 Å². The molecule has 1 aromatic carbocycles. The molecule has 112 valence electrons. The minimum absolute atomic E-state index is 0.00494. The summed E-state index contributed by atoms with van der Waals surface area (Å²) in [5, 5.41) is 18.1. The number of anilines is 1. The second-order valence-electron chi connectivity index (χ2n) is 4.04. The van der Waals surface area contributed by atoms with E-state index in [2.05, 4.69) is 5.32 Å². The van der Waals surface area contributed by atoms with Crippen molar-refractivity contribution in [3.05, 3.63) is 51.2 Å². The van der Waals surface area contributed by atoms with Crippen LogP contribution in [0.3, 0.4) is 0 Å². The van der Waals surface area contributed by atoms with Crippen molar-refractivity contribution in [3.63, 3.8) is 0 Å². The van der Waals surface area contributed by atoms with Crippen LogP contribution >= 0.6 is 11.6 Å². The number of furan rings is 1. The van der Waals surface area contributed by atoms with E-state index in [0.717, 1.165) is 0 Å². The zero-order valence-corrected chi connectivity index (χ0v) is 12.0. The smallest absolute Gasteiger partial charge is 0.288 e. The Hall–Kier alpha value is -2.10. The minimum Gasteiger partial charge on any atom is -0.446 e. The maximum Gasteiger partial charge on any atom is 0.288 e. The zero-order valence-electron chi connectivity index (χ0n) is 10.4. The summed E-state index contributed by atoms with van der Waals surface area (Å²) in [6.45, 7) is 0.170. The average Bonchev–Trinajstić information content (AvgIpc) is 2.84. The molecule has 0 aliphatic carbocycles. The second-order valence-corrected chi connectivity index (χ2v) is 5.94. The number of primary sulfonamides is 1. The highest BCUT2D eigenvalue weighted by atomic mass is 35.5. The first-order chi connectivity index (χ1) is 9.77. The fraction of sp³-hybridized carbons (Fsp3) is 0.0909. The van der Waals surface area contributed by atoms with Crippen molar-refractivity contribution in [3.8, 4) is 0 Å². The molecule has 0 saturated heterocycles. The molecule has 0 fully saturated rings. The number of nitrogens with zero attached hydrogens (tertiary/aromatic N) is 1. The van der Waals surface area contributed by atoms with Crippen molar-refractivity contribution >= 4 is 33.0 Å². The molecule has 0 aliphatic heterocycles. The van der Waals surface area contributed by atoms with E-state index in [-0.39, 0.29) is 22.3 Å². The number of rotatable bonds is 5. The number of halogens is 1. The molecule has 0 atom stereocenters. The molecule has 1 heterocycles. The van der Waals surface area contributed by atoms with Crippen LogP contribution in [-0.4, -0.2) is 13.3 Å². The molecule has 1 aromatic heterocycles. The van der Waals surface area contributed by atoms with Gasteiger partial charge in [0.25, 0.3) is 15.7 Å². The summed E-state index contributed by atoms with van der Waals surface area (Å²) in [6.07, 6.45) is 0. The predicted octanol–water partition coefficient (Wildman–Crippen LogP) is 2.10. The number of nitro benzene ring substituents is 1. The predicted molar refractivity (Wildman–Crippen MR) is 75.5 cm³/mol. The molecule has 0 saturated carbocycles. The number of nitro groups is 1. The monoisotopic (exact) mass is 331 g/mol. The van der Waals surface area contributed by atoms with Gasteiger partial charge in [0.2, 0.25) is 5.09 Å². The van der Waals surface area contributed by atoms with Crippen LogP contribution in [0.5, 0.6) is 0 Å². The van der Waals surface area contributed by atoms with Gasteiger partial charge in [0, 0.05) is 11.8 Å². The Morgan fingerprint density at radius 1 is 1.33 bits per heavy atom. The lowest BCUT2D eigenvalue weighted by molar-refractivity contribution is -0.384. The molecule has 10 heteroatoms. The van der Waals surface area contributed by atoms with Crippen LogP contribution in [0.25, 0.3) is 0 Å². The molecule has 0 aliphatic rings. The quantitative estimate of drug-likeness (QED) is 0.637. The van der Waals surface area contributed by atoms with Crippen molar-refractivity contribution in [1.29, 1.82) is 0 Å². The summed E-state index contributed by atoms with van der Waals surface area (Å²) in [5.74, 6) is 0.341. The second kappa shape index (κ2) is 5.72. The highest BCUT2D eigenvalue weighted by Gasteiger charge is 2.14. The third kappa shape index (κ3) is 3.72. The fourth-order valence-electron chi connectivity index (χ4n) is 1.56. The van der Waals surface area contributed by atoms with Gasteiger partial charge in [-0.1, -0.05) is 11.6 Å². The number of nitrogens with two attached hydrogens (primary N) is 1. The van der Waals surface area contributed by atoms with E-state index in [1.807, 2.05) is 0 Å².